The molecule has 0 fully saturated rings. The van der Waals surface area contributed by atoms with Crippen molar-refractivity contribution in [2.24, 2.45) is 5.14 Å². The quantitative estimate of drug-likeness (QED) is 0.569. The van der Waals surface area contributed by atoms with E-state index in [1.807, 2.05) is 0 Å². The van der Waals surface area contributed by atoms with Gasteiger partial charge in [0.25, 0.3) is 0 Å². The van der Waals surface area contributed by atoms with E-state index in [0.717, 1.165) is 0 Å². The average Bonchev–Trinajstić information content (AvgIpc) is 2.01. The minimum atomic E-state index is -4.09. The van der Waals surface area contributed by atoms with Crippen LogP contribution in [0.5, 0.6) is 5.75 Å². The summed E-state index contributed by atoms with van der Waals surface area (Å²) in [6.07, 6.45) is 0. The number of Topliss-reactive ketones (excluding diaryl/α,β-unsaturated/α-hetero) is 1. The van der Waals surface area contributed by atoms with Crippen LogP contribution in [0.15, 0.2) is 24.3 Å². The molecule has 1 aromatic rings. The van der Waals surface area contributed by atoms with Gasteiger partial charge in [-0.2, -0.15) is 13.6 Å². The molecule has 0 spiro atoms. The SMILES string of the molecule is CC(=O)c1ccccc1OS(N)(=O)=O.[LiH]. The Balaban J connectivity index is 0.00000196. The van der Waals surface area contributed by atoms with Crippen molar-refractivity contribution in [3.05, 3.63) is 29.8 Å². The molecule has 0 aromatic heterocycles. The Kier molecular flexibility index (Phi) is 5.04. The molecule has 0 atom stereocenters. The first kappa shape index (κ1) is 14.2. The monoisotopic (exact) mass is 223 g/mol. The van der Waals surface area contributed by atoms with Crippen molar-refractivity contribution in [2.75, 3.05) is 0 Å². The molecule has 0 heterocycles. The number of carbonyl (C=O) groups is 1. The molecule has 0 radical (unpaired) electrons. The molecule has 78 valence electrons. The molecule has 0 unspecified atom stereocenters. The molecule has 2 N–H and O–H groups in total. The molecule has 15 heavy (non-hydrogen) atoms. The Labute approximate surface area is 100 Å². The van der Waals surface area contributed by atoms with Gasteiger partial charge in [-0.25, -0.2) is 0 Å². The van der Waals surface area contributed by atoms with E-state index in [1.54, 1.807) is 12.1 Å². The van der Waals surface area contributed by atoms with Gasteiger partial charge >= 0.3 is 29.2 Å². The van der Waals surface area contributed by atoms with E-state index in [-0.39, 0.29) is 36.0 Å². The Bertz CT molecular complexity index is 457. The van der Waals surface area contributed by atoms with Gasteiger partial charge < -0.3 is 4.18 Å². The summed E-state index contributed by atoms with van der Waals surface area (Å²) >= 11 is 0. The van der Waals surface area contributed by atoms with Crippen LogP contribution in [-0.2, 0) is 10.3 Å². The number of para-hydroxylation sites is 1. The maximum absolute atomic E-state index is 11.0. The molecule has 0 aliphatic heterocycles. The fraction of sp³-hybridized carbons (Fsp3) is 0.125. The van der Waals surface area contributed by atoms with E-state index in [1.165, 1.54) is 19.1 Å². The maximum atomic E-state index is 11.0. The fourth-order valence-corrected chi connectivity index (χ4v) is 1.35. The summed E-state index contributed by atoms with van der Waals surface area (Å²) in [6.45, 7) is 1.31. The van der Waals surface area contributed by atoms with Crippen LogP contribution in [0.4, 0.5) is 0 Å². The Hall–Kier alpha value is -0.803. The summed E-state index contributed by atoms with van der Waals surface area (Å²) in [5, 5.41) is 4.68. The second-order valence-electron chi connectivity index (χ2n) is 2.63. The zero-order valence-electron chi connectivity index (χ0n) is 7.43. The van der Waals surface area contributed by atoms with Gasteiger partial charge in [0.2, 0.25) is 0 Å². The minimum absolute atomic E-state index is 0. The van der Waals surface area contributed by atoms with E-state index in [9.17, 15) is 13.2 Å². The Morgan fingerprint density at radius 1 is 1.33 bits per heavy atom. The van der Waals surface area contributed by atoms with E-state index in [2.05, 4.69) is 9.32 Å². The summed E-state index contributed by atoms with van der Waals surface area (Å²) < 4.78 is 25.7. The summed E-state index contributed by atoms with van der Waals surface area (Å²) in [6, 6.07) is 5.98. The third kappa shape index (κ3) is 4.49. The molecule has 1 rings (SSSR count). The fourth-order valence-electron chi connectivity index (χ4n) is 0.955. The van der Waals surface area contributed by atoms with Crippen LogP contribution in [-0.4, -0.2) is 33.1 Å². The average molecular weight is 223 g/mol. The van der Waals surface area contributed by atoms with E-state index in [4.69, 9.17) is 0 Å². The third-order valence-corrected chi connectivity index (χ3v) is 1.88. The molecule has 7 heteroatoms. The van der Waals surface area contributed by atoms with Crippen molar-refractivity contribution in [1.82, 2.24) is 0 Å². The van der Waals surface area contributed by atoms with E-state index >= 15 is 0 Å². The Morgan fingerprint density at radius 3 is 2.33 bits per heavy atom. The molecule has 5 nitrogen and oxygen atoms in total. The van der Waals surface area contributed by atoms with Crippen molar-refractivity contribution >= 4 is 34.9 Å². The first-order valence-electron chi connectivity index (χ1n) is 3.72. The van der Waals surface area contributed by atoms with Crippen LogP contribution in [0.1, 0.15) is 17.3 Å². The molecule has 0 saturated carbocycles. The van der Waals surface area contributed by atoms with Crippen molar-refractivity contribution in [2.45, 2.75) is 6.92 Å². The molecule has 0 aliphatic rings. The predicted molar refractivity (Wildman–Crippen MR) is 57.3 cm³/mol. The number of ketones is 1. The number of nitrogens with two attached hydrogens (primary N) is 1. The van der Waals surface area contributed by atoms with Crippen LogP contribution in [0.25, 0.3) is 0 Å². The zero-order valence-corrected chi connectivity index (χ0v) is 8.24. The van der Waals surface area contributed by atoms with E-state index < -0.39 is 10.3 Å². The van der Waals surface area contributed by atoms with Gasteiger partial charge in [-0.05, 0) is 19.1 Å². The van der Waals surface area contributed by atoms with Crippen molar-refractivity contribution in [3.63, 3.8) is 0 Å². The first-order chi connectivity index (χ1) is 6.40. The van der Waals surface area contributed by atoms with Crippen LogP contribution >= 0.6 is 0 Å². The number of carbonyl (C=O) groups excluding carboxylic acids is 1. The van der Waals surface area contributed by atoms with Crippen molar-refractivity contribution in [3.8, 4) is 5.75 Å². The van der Waals surface area contributed by atoms with Crippen molar-refractivity contribution in [1.29, 1.82) is 0 Å². The second kappa shape index (κ2) is 5.33. The van der Waals surface area contributed by atoms with Crippen LogP contribution in [0.2, 0.25) is 0 Å². The predicted octanol–water partition coefficient (Wildman–Crippen LogP) is -0.177. The topological polar surface area (TPSA) is 86.5 Å². The number of hydrogen-bond acceptors (Lipinski definition) is 4. The van der Waals surface area contributed by atoms with Gasteiger partial charge in [0, 0.05) is 0 Å². The van der Waals surface area contributed by atoms with Gasteiger partial charge in [-0.3, -0.25) is 4.79 Å². The normalized spacial score (nSPS) is 10.3. The zero-order chi connectivity index (χ0) is 10.8. The van der Waals surface area contributed by atoms with Crippen LogP contribution in [0.3, 0.4) is 0 Å². The molecular weight excluding hydrogens is 213 g/mol. The van der Waals surface area contributed by atoms with Gasteiger partial charge in [0.1, 0.15) is 0 Å². The molecule has 1 aromatic carbocycles. The number of benzene rings is 1. The molecule has 0 saturated heterocycles. The van der Waals surface area contributed by atoms with Crippen LogP contribution in [0, 0.1) is 0 Å². The second-order valence-corrected chi connectivity index (χ2v) is 3.78. The Morgan fingerprint density at radius 2 is 1.87 bits per heavy atom. The molecule has 0 aliphatic carbocycles. The third-order valence-electron chi connectivity index (χ3n) is 1.47. The molecule has 0 amide bonds. The summed E-state index contributed by atoms with van der Waals surface area (Å²) in [5.74, 6) is -0.341. The van der Waals surface area contributed by atoms with Gasteiger partial charge in [0.15, 0.2) is 11.5 Å². The summed E-state index contributed by atoms with van der Waals surface area (Å²) in [4.78, 5) is 11.0. The summed E-state index contributed by atoms with van der Waals surface area (Å²) in [5.41, 5.74) is 0.182. The van der Waals surface area contributed by atoms with Crippen LogP contribution < -0.4 is 9.32 Å². The summed E-state index contributed by atoms with van der Waals surface area (Å²) in [7, 11) is -4.09. The standard InChI is InChI=1S/C8H9NO4S.Li.H/c1-6(10)7-4-2-3-5-8(7)13-14(9,11)12;;/h2-5H,1H3,(H2,9,11,12);;. The first-order valence-corrected chi connectivity index (χ1v) is 5.19. The number of hydrogen-bond donors (Lipinski definition) is 1. The van der Waals surface area contributed by atoms with Gasteiger partial charge in [-0.15, -0.1) is 0 Å². The number of rotatable bonds is 3. The van der Waals surface area contributed by atoms with Gasteiger partial charge in [-0.1, -0.05) is 12.1 Å². The molecule has 0 bridgehead atoms. The van der Waals surface area contributed by atoms with Crippen molar-refractivity contribution < 1.29 is 17.4 Å². The van der Waals surface area contributed by atoms with Gasteiger partial charge in [0.05, 0.1) is 5.56 Å². The molecular formula is C8H10LiNO4S. The van der Waals surface area contributed by atoms with E-state index in [0.29, 0.717) is 0 Å².